The molecule has 1 rings (SSSR count). The Hall–Kier alpha value is -0.683. The first kappa shape index (κ1) is 11.4. The van der Waals surface area contributed by atoms with Crippen LogP contribution in [0, 0.1) is 0 Å². The molecule has 0 saturated heterocycles. The third-order valence-electron chi connectivity index (χ3n) is 1.84. The van der Waals surface area contributed by atoms with Gasteiger partial charge in [-0.15, -0.1) is 0 Å². The monoisotopic (exact) mass is 212 g/mol. The maximum Gasteiger partial charge on any atom is 0.195 e. The highest BCUT2D eigenvalue weighted by atomic mass is 28.2. The van der Waals surface area contributed by atoms with Crippen molar-refractivity contribution in [3.05, 3.63) is 30.3 Å². The predicted molar refractivity (Wildman–Crippen MR) is 58.4 cm³/mol. The van der Waals surface area contributed by atoms with E-state index in [0.29, 0.717) is 6.61 Å². The van der Waals surface area contributed by atoms with Crippen LogP contribution in [0.4, 0.5) is 0 Å². The van der Waals surface area contributed by atoms with Crippen LogP contribution in [0.15, 0.2) is 30.3 Å². The Bertz CT molecular complexity index is 240. The molecule has 4 heteroatoms. The van der Waals surface area contributed by atoms with E-state index >= 15 is 0 Å². The highest BCUT2D eigenvalue weighted by Gasteiger charge is 2.06. The molecule has 0 bridgehead atoms. The van der Waals surface area contributed by atoms with Crippen molar-refractivity contribution >= 4 is 14.9 Å². The lowest BCUT2D eigenvalue weighted by atomic mass is 10.4. The third kappa shape index (κ3) is 4.02. The van der Waals surface area contributed by atoms with E-state index in [1.807, 2.05) is 18.2 Å². The normalized spacial score (nSPS) is 13.6. The third-order valence-corrected chi connectivity index (χ3v) is 3.19. The number of methoxy groups -OCH3 is 2. The minimum Gasteiger partial charge on any atom is -0.392 e. The van der Waals surface area contributed by atoms with E-state index in [1.54, 1.807) is 14.2 Å². The lowest BCUT2D eigenvalue weighted by Crippen LogP contribution is -2.28. The Morgan fingerprint density at radius 2 is 1.93 bits per heavy atom. The predicted octanol–water partition coefficient (Wildman–Crippen LogP) is 0.0312. The molecule has 14 heavy (non-hydrogen) atoms. The highest BCUT2D eigenvalue weighted by Crippen LogP contribution is 1.92. The van der Waals surface area contributed by atoms with Crippen LogP contribution in [-0.2, 0) is 13.9 Å². The molecule has 1 aromatic carbocycles. The molecule has 0 aliphatic rings. The van der Waals surface area contributed by atoms with Gasteiger partial charge in [0.05, 0.1) is 6.61 Å². The molecular formula is C10H16O3Si. The number of hydrogen-bond acceptors (Lipinski definition) is 3. The largest absolute Gasteiger partial charge is 0.392 e. The van der Waals surface area contributed by atoms with Crippen molar-refractivity contribution in [3.63, 3.8) is 0 Å². The van der Waals surface area contributed by atoms with Crippen LogP contribution in [0.5, 0.6) is 0 Å². The van der Waals surface area contributed by atoms with E-state index < -0.39 is 9.76 Å². The van der Waals surface area contributed by atoms with E-state index in [-0.39, 0.29) is 6.29 Å². The average molecular weight is 212 g/mol. The molecule has 1 atom stereocenters. The van der Waals surface area contributed by atoms with Crippen molar-refractivity contribution < 1.29 is 13.9 Å². The smallest absolute Gasteiger partial charge is 0.195 e. The molecule has 0 aliphatic heterocycles. The number of benzene rings is 1. The molecule has 1 unspecified atom stereocenters. The summed E-state index contributed by atoms with van der Waals surface area (Å²) in [4.78, 5) is 0. The second kappa shape index (κ2) is 6.72. The number of hydrogen-bond donors (Lipinski definition) is 0. The summed E-state index contributed by atoms with van der Waals surface area (Å²) in [6, 6.07) is 10.2. The zero-order valence-electron chi connectivity index (χ0n) is 8.60. The molecule has 0 radical (unpaired) electrons. The summed E-state index contributed by atoms with van der Waals surface area (Å²) in [5.41, 5.74) is 0. The van der Waals surface area contributed by atoms with Crippen molar-refractivity contribution in [2.24, 2.45) is 0 Å². The van der Waals surface area contributed by atoms with Gasteiger partial charge in [0.25, 0.3) is 0 Å². The van der Waals surface area contributed by atoms with Crippen molar-refractivity contribution in [1.29, 1.82) is 0 Å². The lowest BCUT2D eigenvalue weighted by molar-refractivity contribution is -0.0917. The van der Waals surface area contributed by atoms with Crippen molar-refractivity contribution in [2.45, 2.75) is 6.29 Å². The van der Waals surface area contributed by atoms with Gasteiger partial charge in [-0.25, -0.2) is 0 Å². The van der Waals surface area contributed by atoms with Crippen LogP contribution in [0.25, 0.3) is 0 Å². The van der Waals surface area contributed by atoms with E-state index in [0.717, 1.165) is 0 Å². The van der Waals surface area contributed by atoms with Crippen molar-refractivity contribution in [3.8, 4) is 0 Å². The van der Waals surface area contributed by atoms with Gasteiger partial charge < -0.3 is 13.9 Å². The van der Waals surface area contributed by atoms with E-state index in [1.165, 1.54) is 5.19 Å². The summed E-state index contributed by atoms with van der Waals surface area (Å²) in [7, 11) is 2.57. The molecule has 1 aromatic rings. The SMILES string of the molecule is COCC(OC)O[SiH2]c1ccccc1. The number of rotatable bonds is 6. The van der Waals surface area contributed by atoms with Gasteiger partial charge in [-0.2, -0.15) is 0 Å². The first-order chi connectivity index (χ1) is 6.86. The Morgan fingerprint density at radius 3 is 2.50 bits per heavy atom. The quantitative estimate of drug-likeness (QED) is 0.492. The summed E-state index contributed by atoms with van der Waals surface area (Å²) < 4.78 is 15.7. The standard InChI is InChI=1S/C10H16O3Si/c1-11-8-10(12-2)13-14-9-6-4-3-5-7-9/h3-7,10H,8,14H2,1-2H3. The van der Waals surface area contributed by atoms with Crippen LogP contribution >= 0.6 is 0 Å². The lowest BCUT2D eigenvalue weighted by Gasteiger charge is -2.15. The van der Waals surface area contributed by atoms with Gasteiger partial charge in [-0.1, -0.05) is 30.3 Å². The Balaban J connectivity index is 2.32. The molecule has 78 valence electrons. The van der Waals surface area contributed by atoms with Gasteiger partial charge in [0.15, 0.2) is 16.1 Å². The summed E-state index contributed by atoms with van der Waals surface area (Å²) in [5, 5.41) is 1.27. The summed E-state index contributed by atoms with van der Waals surface area (Å²) in [6.45, 7) is 0.482. The summed E-state index contributed by atoms with van der Waals surface area (Å²) in [5.74, 6) is 0. The van der Waals surface area contributed by atoms with Gasteiger partial charge in [-0.05, 0) is 5.19 Å². The molecule has 0 fully saturated rings. The fourth-order valence-corrected chi connectivity index (χ4v) is 2.16. The van der Waals surface area contributed by atoms with Crippen LogP contribution in [0.3, 0.4) is 0 Å². The molecule has 0 aliphatic carbocycles. The molecule has 0 amide bonds. The van der Waals surface area contributed by atoms with Gasteiger partial charge >= 0.3 is 0 Å². The van der Waals surface area contributed by atoms with Crippen LogP contribution in [-0.4, -0.2) is 36.9 Å². The maximum absolute atomic E-state index is 5.61. The van der Waals surface area contributed by atoms with Gasteiger partial charge in [-0.3, -0.25) is 0 Å². The first-order valence-corrected chi connectivity index (χ1v) is 5.82. The van der Waals surface area contributed by atoms with Crippen molar-refractivity contribution in [2.75, 3.05) is 20.8 Å². The summed E-state index contributed by atoms with van der Waals surface area (Å²) >= 11 is 0. The molecule has 3 nitrogen and oxygen atoms in total. The van der Waals surface area contributed by atoms with Gasteiger partial charge in [0.2, 0.25) is 0 Å². The molecule has 0 N–H and O–H groups in total. The van der Waals surface area contributed by atoms with Crippen LogP contribution < -0.4 is 5.19 Å². The second-order valence-corrected chi connectivity index (χ2v) is 4.36. The van der Waals surface area contributed by atoms with Gasteiger partial charge in [0, 0.05) is 14.2 Å². The molecule has 0 saturated carbocycles. The van der Waals surface area contributed by atoms with E-state index in [9.17, 15) is 0 Å². The Morgan fingerprint density at radius 1 is 1.21 bits per heavy atom. The minimum atomic E-state index is -0.695. The van der Waals surface area contributed by atoms with Crippen molar-refractivity contribution in [1.82, 2.24) is 0 Å². The van der Waals surface area contributed by atoms with E-state index in [2.05, 4.69) is 12.1 Å². The minimum absolute atomic E-state index is 0.230. The van der Waals surface area contributed by atoms with Gasteiger partial charge in [0.1, 0.15) is 0 Å². The zero-order valence-corrected chi connectivity index (χ0v) is 10.0. The molecular weight excluding hydrogens is 196 g/mol. The maximum atomic E-state index is 5.61. The van der Waals surface area contributed by atoms with E-state index in [4.69, 9.17) is 13.9 Å². The Kier molecular flexibility index (Phi) is 5.47. The zero-order chi connectivity index (χ0) is 10.2. The molecule has 0 aromatic heterocycles. The number of ether oxygens (including phenoxy) is 2. The Labute approximate surface area is 86.9 Å². The topological polar surface area (TPSA) is 27.7 Å². The average Bonchev–Trinajstić information content (AvgIpc) is 2.25. The summed E-state index contributed by atoms with van der Waals surface area (Å²) in [6.07, 6.45) is -0.230. The second-order valence-electron chi connectivity index (χ2n) is 2.92. The molecule has 0 spiro atoms. The fraction of sp³-hybridized carbons (Fsp3) is 0.400. The van der Waals surface area contributed by atoms with Crippen LogP contribution in [0.2, 0.25) is 0 Å². The fourth-order valence-electron chi connectivity index (χ4n) is 1.08. The molecule has 0 heterocycles. The first-order valence-electron chi connectivity index (χ1n) is 4.54. The highest BCUT2D eigenvalue weighted by molar-refractivity contribution is 6.46. The van der Waals surface area contributed by atoms with Crippen LogP contribution in [0.1, 0.15) is 0 Å².